The standard InChI is InChI=1S/C54H56ClN9O8S2/c1-26(2)47(53(70)63-23-37(66)21-42(63)51(68)57-28(4)31-7-9-33(10-8-31)49-41(24-65)56-25-73-49)60-52(69)44-18-34-17-38(15-16-43(34)72-44)71-39-19-36(20-39)58-45(67)22-40-50-62-61-30(6)64(50)54-46(27(3)29(5)74-54)48(59-40)32-11-13-35(55)14-12-32/h7-18,25-26,28,36-37,39-40,42,47,65-66H,19-24H2,1-6H3,(H,57,68)(H,58,67)(H,60,69)/t28-,36-,37+,39+,40-,42-,47-/m0/s1. The number of furan rings is 1. The van der Waals surface area contributed by atoms with Gasteiger partial charge in [-0.1, -0.05) is 61.8 Å². The van der Waals surface area contributed by atoms with E-state index in [2.05, 4.69) is 45.0 Å². The van der Waals surface area contributed by atoms with Gasteiger partial charge in [0.05, 0.1) is 47.0 Å². The molecule has 0 radical (unpaired) electrons. The van der Waals surface area contributed by atoms with Crippen LogP contribution in [0.1, 0.15) is 114 Å². The second-order valence-corrected chi connectivity index (χ2v) is 22.1. The van der Waals surface area contributed by atoms with Crippen LogP contribution in [0.4, 0.5) is 0 Å². The number of ether oxygens (including phenoxy) is 1. The molecular formula is C54H56ClN9O8S2. The fourth-order valence-electron chi connectivity index (χ4n) is 9.92. The van der Waals surface area contributed by atoms with Crippen LogP contribution in [0.15, 0.2) is 87.7 Å². The Hall–Kier alpha value is -6.77. The van der Waals surface area contributed by atoms with Gasteiger partial charge in [0.25, 0.3) is 5.91 Å². The van der Waals surface area contributed by atoms with Crippen LogP contribution >= 0.6 is 34.3 Å². The summed E-state index contributed by atoms with van der Waals surface area (Å²) < 4.78 is 14.3. The van der Waals surface area contributed by atoms with Crippen LogP contribution in [0.2, 0.25) is 5.02 Å². The van der Waals surface area contributed by atoms with Crippen molar-refractivity contribution in [1.82, 2.24) is 40.6 Å². The van der Waals surface area contributed by atoms with Crippen molar-refractivity contribution in [2.75, 3.05) is 6.54 Å². The highest BCUT2D eigenvalue weighted by atomic mass is 35.5. The molecule has 384 valence electrons. The van der Waals surface area contributed by atoms with Crippen LogP contribution in [0.25, 0.3) is 26.4 Å². The number of aliphatic hydroxyl groups excluding tert-OH is 2. The second-order valence-electron chi connectivity index (χ2n) is 19.6. The van der Waals surface area contributed by atoms with E-state index in [4.69, 9.17) is 25.7 Å². The van der Waals surface area contributed by atoms with E-state index in [-0.39, 0.29) is 55.7 Å². The first-order valence-corrected chi connectivity index (χ1v) is 26.7. The Bertz CT molecular complexity index is 3300. The Kier molecular flexibility index (Phi) is 14.3. The second kappa shape index (κ2) is 20.9. The maximum absolute atomic E-state index is 14.2. The lowest BCUT2D eigenvalue weighted by molar-refractivity contribution is -0.141. The summed E-state index contributed by atoms with van der Waals surface area (Å²) in [5, 5.41) is 40.5. The molecule has 10 rings (SSSR count). The number of nitrogens with zero attached hydrogens (tertiary/aromatic N) is 6. The van der Waals surface area contributed by atoms with Crippen LogP contribution in [0.5, 0.6) is 5.75 Å². The number of aliphatic hydroxyl groups is 2. The summed E-state index contributed by atoms with van der Waals surface area (Å²) >= 11 is 9.36. The molecule has 0 unspecified atom stereocenters. The molecule has 1 saturated heterocycles. The van der Waals surface area contributed by atoms with Crippen LogP contribution in [-0.4, -0.2) is 101 Å². The lowest BCUT2D eigenvalue weighted by Gasteiger charge is -2.36. The van der Waals surface area contributed by atoms with Crippen LogP contribution < -0.4 is 20.7 Å². The molecule has 4 aromatic heterocycles. The van der Waals surface area contributed by atoms with Gasteiger partial charge in [0.1, 0.15) is 46.4 Å². The summed E-state index contributed by atoms with van der Waals surface area (Å²) in [4.78, 5) is 68.2. The smallest absolute Gasteiger partial charge is 0.287 e. The monoisotopic (exact) mass is 1060 g/mol. The van der Waals surface area contributed by atoms with Crippen molar-refractivity contribution >= 4 is 74.6 Å². The number of thiazole rings is 1. The van der Waals surface area contributed by atoms with E-state index in [1.54, 1.807) is 55.0 Å². The predicted molar refractivity (Wildman–Crippen MR) is 282 cm³/mol. The number of thiophene rings is 1. The molecule has 5 atom stereocenters. The lowest BCUT2D eigenvalue weighted by Crippen LogP contribution is -2.55. The van der Waals surface area contributed by atoms with Crippen molar-refractivity contribution in [3.05, 3.63) is 134 Å². The molecule has 3 aromatic carbocycles. The van der Waals surface area contributed by atoms with E-state index in [1.807, 2.05) is 66.9 Å². The van der Waals surface area contributed by atoms with Crippen molar-refractivity contribution in [3.8, 4) is 21.2 Å². The van der Waals surface area contributed by atoms with E-state index >= 15 is 0 Å². The number of benzene rings is 3. The number of hydrogen-bond donors (Lipinski definition) is 5. The molecule has 20 heteroatoms. The Labute approximate surface area is 440 Å². The van der Waals surface area contributed by atoms with Gasteiger partial charge in [-0.3, -0.25) is 28.7 Å². The molecule has 1 saturated carbocycles. The number of rotatable bonds is 15. The van der Waals surface area contributed by atoms with Gasteiger partial charge in [-0.05, 0) is 86.7 Å². The number of carbonyl (C=O) groups excluding carboxylic acids is 4. The van der Waals surface area contributed by atoms with E-state index in [0.717, 1.165) is 54.1 Å². The number of aliphatic imine (C=N–C) groups is 1. The number of halogens is 1. The maximum Gasteiger partial charge on any atom is 0.287 e. The minimum atomic E-state index is -1.03. The van der Waals surface area contributed by atoms with E-state index < -0.39 is 48.0 Å². The zero-order valence-electron chi connectivity index (χ0n) is 41.6. The van der Waals surface area contributed by atoms with Crippen LogP contribution in [0, 0.1) is 26.7 Å². The molecule has 7 aromatic rings. The quantitative estimate of drug-likeness (QED) is 0.0664. The molecule has 6 heterocycles. The number of carbonyl (C=O) groups is 4. The highest BCUT2D eigenvalue weighted by Gasteiger charge is 2.43. The van der Waals surface area contributed by atoms with E-state index in [9.17, 15) is 29.4 Å². The molecule has 3 aliphatic rings. The third-order valence-corrected chi connectivity index (χ3v) is 16.5. The van der Waals surface area contributed by atoms with Gasteiger partial charge in [0, 0.05) is 58.3 Å². The van der Waals surface area contributed by atoms with Crippen molar-refractivity contribution in [2.24, 2.45) is 10.9 Å². The SMILES string of the molecule is Cc1sc2c(c1C)C(c1ccc(Cl)cc1)=N[C@@H](CC(=O)N[C@H]1C[C@@H](Oc3ccc4oc(C(=O)N[C@H](C(=O)N5C[C@H](O)C[C@H]5C(=O)N[C@@H](C)c5ccc(-c6scnc6CO)cc5)C(C)C)cc4c3)C1)c1nnc(C)n1-2. The van der Waals surface area contributed by atoms with Crippen molar-refractivity contribution in [3.63, 3.8) is 0 Å². The Balaban J connectivity index is 0.743. The zero-order valence-corrected chi connectivity index (χ0v) is 44.0. The normalized spacial score (nSPS) is 20.0. The van der Waals surface area contributed by atoms with E-state index in [0.29, 0.717) is 46.1 Å². The summed E-state index contributed by atoms with van der Waals surface area (Å²) in [6, 6.07) is 18.9. The average Bonchev–Trinajstić information content (AvgIpc) is 4.22. The predicted octanol–water partition coefficient (Wildman–Crippen LogP) is 7.87. The summed E-state index contributed by atoms with van der Waals surface area (Å²) in [6.07, 6.45) is 0.216. The molecule has 5 N–H and O–H groups in total. The van der Waals surface area contributed by atoms with Crippen molar-refractivity contribution in [2.45, 2.75) is 116 Å². The molecule has 2 fully saturated rings. The average molecular weight is 1060 g/mol. The highest BCUT2D eigenvalue weighted by Crippen LogP contribution is 2.40. The number of hydrogen-bond acceptors (Lipinski definition) is 14. The molecule has 1 aliphatic carbocycles. The third kappa shape index (κ3) is 10.1. The largest absolute Gasteiger partial charge is 0.490 e. The zero-order chi connectivity index (χ0) is 52.1. The fraction of sp³-hybridized carbons (Fsp3) is 0.370. The molecule has 74 heavy (non-hydrogen) atoms. The lowest BCUT2D eigenvalue weighted by atomic mass is 9.89. The number of amides is 4. The molecular weight excluding hydrogens is 1000 g/mol. The minimum absolute atomic E-state index is 0.00639. The van der Waals surface area contributed by atoms with Gasteiger partial charge in [-0.25, -0.2) is 4.98 Å². The van der Waals surface area contributed by atoms with Crippen molar-refractivity contribution in [1.29, 1.82) is 0 Å². The summed E-state index contributed by atoms with van der Waals surface area (Å²) in [7, 11) is 0. The summed E-state index contributed by atoms with van der Waals surface area (Å²) in [6.45, 7) is 11.3. The maximum atomic E-state index is 14.2. The van der Waals surface area contributed by atoms with Gasteiger partial charge in [0.2, 0.25) is 17.7 Å². The number of nitrogens with one attached hydrogen (secondary N) is 3. The number of fused-ring (bicyclic) bond motifs is 4. The van der Waals surface area contributed by atoms with Crippen LogP contribution in [0.3, 0.4) is 0 Å². The Morgan fingerprint density at radius 2 is 1.68 bits per heavy atom. The van der Waals surface area contributed by atoms with Crippen LogP contribution in [-0.2, 0) is 21.0 Å². The molecule has 0 bridgehead atoms. The molecule has 4 amide bonds. The first-order chi connectivity index (χ1) is 35.5. The first kappa shape index (κ1) is 50.7. The van der Waals surface area contributed by atoms with Gasteiger partial charge >= 0.3 is 0 Å². The number of β-amino-alcohol motifs (C(OH)–C–C–N with tert-alkyl or cyclic N) is 1. The van der Waals surface area contributed by atoms with Gasteiger partial charge in [-0.2, -0.15) is 0 Å². The fourth-order valence-corrected chi connectivity index (χ4v) is 12.1. The topological polar surface area (TPSA) is 226 Å². The minimum Gasteiger partial charge on any atom is -0.490 e. The highest BCUT2D eigenvalue weighted by molar-refractivity contribution is 7.15. The summed E-state index contributed by atoms with van der Waals surface area (Å²) in [5.41, 5.74) is 8.25. The molecule has 0 spiro atoms. The molecule has 2 aliphatic heterocycles. The van der Waals surface area contributed by atoms with E-state index in [1.165, 1.54) is 16.2 Å². The number of likely N-dealkylation sites (tertiary alicyclic amines) is 1. The third-order valence-electron chi connectivity index (χ3n) is 14.1. The first-order valence-electron chi connectivity index (χ1n) is 24.6. The number of aryl methyl sites for hydroxylation is 2. The van der Waals surface area contributed by atoms with Crippen molar-refractivity contribution < 1.29 is 38.5 Å². The Morgan fingerprint density at radius 1 is 0.932 bits per heavy atom. The van der Waals surface area contributed by atoms with Gasteiger partial charge < -0.3 is 40.2 Å². The Morgan fingerprint density at radius 3 is 2.41 bits per heavy atom. The van der Waals surface area contributed by atoms with Gasteiger partial charge in [-0.15, -0.1) is 32.9 Å². The summed E-state index contributed by atoms with van der Waals surface area (Å²) in [5.74, 6) is -0.156. The molecule has 17 nitrogen and oxygen atoms in total. The van der Waals surface area contributed by atoms with Gasteiger partial charge in [0.15, 0.2) is 11.6 Å². The number of aromatic nitrogens is 4.